The van der Waals surface area contributed by atoms with Crippen molar-refractivity contribution in [3.63, 3.8) is 0 Å². The summed E-state index contributed by atoms with van der Waals surface area (Å²) < 4.78 is 21.6. The summed E-state index contributed by atoms with van der Waals surface area (Å²) >= 11 is 1.15. The number of hydrogen-bond acceptors (Lipinski definition) is 11. The minimum absolute atomic E-state index is 0.00718. The average molecular weight is 818 g/mol. The van der Waals surface area contributed by atoms with Gasteiger partial charge in [-0.05, 0) is 56.0 Å². The smallest absolute Gasteiger partial charge is 0.408 e. The van der Waals surface area contributed by atoms with Gasteiger partial charge in [-0.15, -0.1) is 11.3 Å². The molecule has 3 heterocycles. The van der Waals surface area contributed by atoms with Crippen molar-refractivity contribution in [1.29, 1.82) is 0 Å². The van der Waals surface area contributed by atoms with Crippen LogP contribution in [0.3, 0.4) is 0 Å². The molecule has 0 radical (unpaired) electrons. The molecule has 310 valence electrons. The molecule has 16 nitrogen and oxygen atoms in total. The van der Waals surface area contributed by atoms with Crippen LogP contribution in [0, 0.1) is 5.92 Å². The maximum atomic E-state index is 14.4. The van der Waals surface area contributed by atoms with E-state index >= 15 is 0 Å². The molecular weight excluding hydrogens is 767 g/mol. The number of carbonyl (C=O) groups is 5. The summed E-state index contributed by atoms with van der Waals surface area (Å²) in [6.45, 7) is 9.35. The number of fused-ring (bicyclic) bond motifs is 2. The average Bonchev–Trinajstić information content (AvgIpc) is 3.94. The number of thiazole rings is 1. The zero-order valence-electron chi connectivity index (χ0n) is 33.6. The summed E-state index contributed by atoms with van der Waals surface area (Å²) in [6, 6.07) is 9.90. The minimum Gasteiger partial charge on any atom is -0.496 e. The number of ether oxygens (including phenoxy) is 4. The molecule has 2 aromatic carbocycles. The van der Waals surface area contributed by atoms with Gasteiger partial charge in [0, 0.05) is 59.0 Å². The highest BCUT2D eigenvalue weighted by atomic mass is 32.1. The second-order valence-corrected chi connectivity index (χ2v) is 15.9. The van der Waals surface area contributed by atoms with Crippen molar-refractivity contribution in [2.24, 2.45) is 5.92 Å². The molecule has 5 rings (SSSR count). The van der Waals surface area contributed by atoms with Gasteiger partial charge in [0.2, 0.25) is 11.8 Å². The zero-order chi connectivity index (χ0) is 42.0. The number of esters is 1. The number of aromatic nitrogens is 3. The number of para-hydroxylation sites is 1. The van der Waals surface area contributed by atoms with Crippen LogP contribution >= 0.6 is 11.3 Å². The van der Waals surface area contributed by atoms with Crippen LogP contribution in [0.4, 0.5) is 4.79 Å². The molecule has 0 aliphatic rings. The first-order valence-electron chi connectivity index (χ1n) is 18.8. The van der Waals surface area contributed by atoms with E-state index in [9.17, 15) is 24.0 Å². The fourth-order valence-corrected chi connectivity index (χ4v) is 7.00. The van der Waals surface area contributed by atoms with Crippen molar-refractivity contribution in [2.45, 2.75) is 71.2 Å². The third-order valence-corrected chi connectivity index (χ3v) is 9.82. The normalized spacial score (nSPS) is 13.1. The molecule has 0 bridgehead atoms. The summed E-state index contributed by atoms with van der Waals surface area (Å²) in [6.07, 6.45) is 2.87. The molecule has 5 aromatic rings. The summed E-state index contributed by atoms with van der Waals surface area (Å²) in [5, 5.41) is 14.5. The number of methoxy groups -OCH3 is 2. The number of benzene rings is 2. The highest BCUT2D eigenvalue weighted by Gasteiger charge is 2.31. The Morgan fingerprint density at radius 3 is 2.24 bits per heavy atom. The van der Waals surface area contributed by atoms with Crippen LogP contribution in [-0.4, -0.2) is 96.4 Å². The van der Waals surface area contributed by atoms with Gasteiger partial charge >= 0.3 is 12.1 Å². The lowest BCUT2D eigenvalue weighted by molar-refractivity contribution is -0.141. The third kappa shape index (κ3) is 11.6. The minimum atomic E-state index is -1.20. The Kier molecular flexibility index (Phi) is 14.5. The van der Waals surface area contributed by atoms with Crippen molar-refractivity contribution < 1.29 is 42.9 Å². The Hall–Kier alpha value is -5.94. The number of alkyl carbamates (subject to hydrolysis) is 1. The first-order chi connectivity index (χ1) is 27.6. The molecular formula is C41H51N7O9S. The van der Waals surface area contributed by atoms with Crippen LogP contribution in [0.25, 0.3) is 21.8 Å². The standard InChI is InChI=1S/C41H51N7O9S/c1-23(2)20-56-21-31(48-40(53)57-41(3,4)5)39-47-32(22-58-39)38(52)46-30(15-24-17-42-27-12-9-8-11-26(24)27)37(51)45-29(36(50)44-19-34(49)55-7)16-25-18-43-28-13-10-14-33(54-6)35(25)28/h8-14,17-18,22-23,29-31,42-43H,15-16,19-21H2,1-7H3,(H,44,50)(H,45,51)(H,46,52)(H,48,53)/t29-,30-,31+/m0/s1. The fourth-order valence-electron chi connectivity index (χ4n) is 6.17. The van der Waals surface area contributed by atoms with Gasteiger partial charge in [0.1, 0.15) is 46.7 Å². The van der Waals surface area contributed by atoms with Crippen LogP contribution in [0.5, 0.6) is 5.75 Å². The molecule has 4 amide bonds. The molecule has 0 fully saturated rings. The van der Waals surface area contributed by atoms with Crippen LogP contribution in [-0.2, 0) is 41.4 Å². The number of nitrogens with zero attached hydrogens (tertiary/aromatic N) is 1. The van der Waals surface area contributed by atoms with Crippen molar-refractivity contribution in [3.05, 3.63) is 82.1 Å². The monoisotopic (exact) mass is 817 g/mol. The van der Waals surface area contributed by atoms with E-state index in [0.29, 0.717) is 22.9 Å². The van der Waals surface area contributed by atoms with Gasteiger partial charge in [0.15, 0.2) is 0 Å². The Bertz CT molecular complexity index is 2220. The molecule has 0 aliphatic carbocycles. The molecule has 17 heteroatoms. The van der Waals surface area contributed by atoms with E-state index < -0.39 is 60.1 Å². The lowest BCUT2D eigenvalue weighted by atomic mass is 10.0. The first kappa shape index (κ1) is 43.2. The number of nitrogens with one attached hydrogen (secondary N) is 6. The fraction of sp³-hybridized carbons (Fsp3) is 0.415. The van der Waals surface area contributed by atoms with Gasteiger partial charge in [0.05, 0.1) is 20.8 Å². The third-order valence-electron chi connectivity index (χ3n) is 8.86. The van der Waals surface area contributed by atoms with Crippen LogP contribution in [0.2, 0.25) is 0 Å². The quantitative estimate of drug-likeness (QED) is 0.0670. The van der Waals surface area contributed by atoms with E-state index in [0.717, 1.165) is 38.7 Å². The van der Waals surface area contributed by atoms with Crippen molar-refractivity contribution in [3.8, 4) is 5.75 Å². The summed E-state index contributed by atoms with van der Waals surface area (Å²) in [7, 11) is 2.74. The highest BCUT2D eigenvalue weighted by Crippen LogP contribution is 2.29. The number of aromatic amines is 2. The Balaban J connectivity index is 1.43. The molecule has 0 unspecified atom stereocenters. The molecule has 58 heavy (non-hydrogen) atoms. The molecule has 3 atom stereocenters. The summed E-state index contributed by atoms with van der Waals surface area (Å²) in [5.74, 6) is -1.83. The van der Waals surface area contributed by atoms with Gasteiger partial charge < -0.3 is 50.2 Å². The van der Waals surface area contributed by atoms with Crippen molar-refractivity contribution in [2.75, 3.05) is 34.0 Å². The van der Waals surface area contributed by atoms with Gasteiger partial charge in [-0.1, -0.05) is 38.1 Å². The lowest BCUT2D eigenvalue weighted by Gasteiger charge is -2.23. The van der Waals surface area contributed by atoms with E-state index in [1.54, 1.807) is 39.2 Å². The van der Waals surface area contributed by atoms with E-state index in [-0.39, 0.29) is 31.1 Å². The van der Waals surface area contributed by atoms with Gasteiger partial charge in [-0.2, -0.15) is 0 Å². The van der Waals surface area contributed by atoms with Crippen LogP contribution in [0.15, 0.2) is 60.2 Å². The Morgan fingerprint density at radius 2 is 1.52 bits per heavy atom. The van der Waals surface area contributed by atoms with Crippen molar-refractivity contribution >= 4 is 62.9 Å². The number of carbonyl (C=O) groups excluding carboxylic acids is 5. The Morgan fingerprint density at radius 1 is 0.828 bits per heavy atom. The SMILES string of the molecule is COC(=O)CNC(=O)[C@H](Cc1c[nH]c2cccc(OC)c12)NC(=O)[C@H](Cc1c[nH]c2ccccc12)NC(=O)c1csc([C@@H](COCC(C)C)NC(=O)OC(C)(C)C)n1. The molecule has 0 saturated heterocycles. The highest BCUT2D eigenvalue weighted by molar-refractivity contribution is 7.09. The van der Waals surface area contributed by atoms with E-state index in [1.807, 2.05) is 50.2 Å². The molecule has 0 spiro atoms. The predicted molar refractivity (Wildman–Crippen MR) is 219 cm³/mol. The maximum absolute atomic E-state index is 14.4. The topological polar surface area (TPSA) is 215 Å². The number of amides is 4. The lowest BCUT2D eigenvalue weighted by Crippen LogP contribution is -2.55. The van der Waals surface area contributed by atoms with E-state index in [4.69, 9.17) is 18.9 Å². The summed E-state index contributed by atoms with van der Waals surface area (Å²) in [4.78, 5) is 77.7. The number of H-pyrrole nitrogens is 2. The second-order valence-electron chi connectivity index (χ2n) is 15.0. The molecule has 6 N–H and O–H groups in total. The molecule has 0 saturated carbocycles. The van der Waals surface area contributed by atoms with E-state index in [2.05, 4.69) is 36.2 Å². The second kappa shape index (κ2) is 19.5. The number of rotatable bonds is 18. The van der Waals surface area contributed by atoms with Gasteiger partial charge in [-0.3, -0.25) is 19.2 Å². The maximum Gasteiger partial charge on any atom is 0.408 e. The van der Waals surface area contributed by atoms with Gasteiger partial charge in [-0.25, -0.2) is 9.78 Å². The first-order valence-corrected chi connectivity index (χ1v) is 19.7. The largest absolute Gasteiger partial charge is 0.496 e. The Labute approximate surface area is 340 Å². The predicted octanol–water partition coefficient (Wildman–Crippen LogP) is 4.71. The van der Waals surface area contributed by atoms with Crippen LogP contribution < -0.4 is 26.0 Å². The molecule has 3 aromatic heterocycles. The molecule has 0 aliphatic heterocycles. The summed E-state index contributed by atoms with van der Waals surface area (Å²) in [5.41, 5.74) is 2.28. The number of hydrogen-bond donors (Lipinski definition) is 6. The van der Waals surface area contributed by atoms with Crippen molar-refractivity contribution in [1.82, 2.24) is 36.2 Å². The van der Waals surface area contributed by atoms with Gasteiger partial charge in [0.25, 0.3) is 5.91 Å². The van der Waals surface area contributed by atoms with Crippen LogP contribution in [0.1, 0.15) is 67.3 Å². The van der Waals surface area contributed by atoms with E-state index in [1.165, 1.54) is 19.6 Å². The zero-order valence-corrected chi connectivity index (χ0v) is 34.5.